The molecule has 8 nitrogen and oxygen atoms in total. The van der Waals surface area contributed by atoms with Gasteiger partial charge in [0.2, 0.25) is 0 Å². The molecule has 162 valence electrons. The molecule has 1 aliphatic heterocycles. The fourth-order valence-corrected chi connectivity index (χ4v) is 5.10. The molecule has 0 N–H and O–H groups in total. The Morgan fingerprint density at radius 3 is 2.55 bits per heavy atom. The van der Waals surface area contributed by atoms with Gasteiger partial charge >= 0.3 is 0 Å². The predicted molar refractivity (Wildman–Crippen MR) is 118 cm³/mol. The van der Waals surface area contributed by atoms with Crippen LogP contribution in [0.2, 0.25) is 5.02 Å². The number of halogens is 1. The topological polar surface area (TPSA) is 88.4 Å². The summed E-state index contributed by atoms with van der Waals surface area (Å²) < 4.78 is 29.2. The average molecular weight is 460 g/mol. The van der Waals surface area contributed by atoms with Crippen LogP contribution in [-0.2, 0) is 10.0 Å². The van der Waals surface area contributed by atoms with Crippen molar-refractivity contribution in [3.63, 3.8) is 0 Å². The van der Waals surface area contributed by atoms with Crippen LogP contribution in [0.25, 0.3) is 0 Å². The second kappa shape index (κ2) is 8.68. The van der Waals surface area contributed by atoms with Crippen molar-refractivity contribution in [3.8, 4) is 0 Å². The number of hydrogen-bond donors (Lipinski definition) is 0. The molecule has 0 saturated carbocycles. The lowest BCUT2D eigenvalue weighted by molar-refractivity contribution is 0.0689. The maximum atomic E-state index is 13.1. The third-order valence-electron chi connectivity index (χ3n) is 5.47. The van der Waals surface area contributed by atoms with E-state index in [0.717, 1.165) is 17.1 Å². The number of anilines is 1. The van der Waals surface area contributed by atoms with Crippen LogP contribution in [0.3, 0.4) is 0 Å². The molecule has 0 spiro atoms. The molecular weight excluding hydrogens is 438 g/mol. The van der Waals surface area contributed by atoms with Gasteiger partial charge in [0.25, 0.3) is 15.9 Å². The van der Waals surface area contributed by atoms with Crippen LogP contribution < -0.4 is 4.31 Å². The van der Waals surface area contributed by atoms with E-state index in [1.807, 2.05) is 4.68 Å². The van der Waals surface area contributed by atoms with Crippen LogP contribution in [0.1, 0.15) is 29.2 Å². The predicted octanol–water partition coefficient (Wildman–Crippen LogP) is 3.23. The normalized spacial score (nSPS) is 15.1. The van der Waals surface area contributed by atoms with E-state index in [2.05, 4.69) is 10.1 Å². The van der Waals surface area contributed by atoms with Crippen LogP contribution in [0.4, 0.5) is 5.69 Å². The molecule has 31 heavy (non-hydrogen) atoms. The SMILES string of the molecule is CN(c1cccc(Cl)c1)S(=O)(=O)c1cccc(C(=O)N2CCC(n3cncn3)CC2)c1. The lowest BCUT2D eigenvalue weighted by atomic mass is 10.0. The molecule has 0 radical (unpaired) electrons. The Hall–Kier alpha value is -2.91. The highest BCUT2D eigenvalue weighted by atomic mass is 35.5. The van der Waals surface area contributed by atoms with E-state index < -0.39 is 10.0 Å². The third kappa shape index (κ3) is 4.42. The van der Waals surface area contributed by atoms with Gasteiger partial charge in [-0.2, -0.15) is 5.10 Å². The van der Waals surface area contributed by atoms with Gasteiger partial charge in [-0.1, -0.05) is 23.7 Å². The number of carbonyl (C=O) groups excluding carboxylic acids is 1. The number of hydrogen-bond acceptors (Lipinski definition) is 5. The van der Waals surface area contributed by atoms with E-state index in [-0.39, 0.29) is 16.8 Å². The molecule has 1 saturated heterocycles. The van der Waals surface area contributed by atoms with E-state index in [0.29, 0.717) is 29.4 Å². The molecule has 1 aromatic heterocycles. The molecule has 2 heterocycles. The van der Waals surface area contributed by atoms with E-state index >= 15 is 0 Å². The van der Waals surface area contributed by atoms with Gasteiger partial charge in [0.05, 0.1) is 16.6 Å². The third-order valence-corrected chi connectivity index (χ3v) is 7.49. The van der Waals surface area contributed by atoms with Crippen molar-refractivity contribution in [2.45, 2.75) is 23.8 Å². The average Bonchev–Trinajstić information content (AvgIpc) is 3.33. The van der Waals surface area contributed by atoms with E-state index in [1.165, 1.54) is 25.5 Å². The molecule has 2 aromatic carbocycles. The van der Waals surface area contributed by atoms with Crippen molar-refractivity contribution >= 4 is 33.2 Å². The lowest BCUT2D eigenvalue weighted by Gasteiger charge is -2.32. The molecule has 0 atom stereocenters. The smallest absolute Gasteiger partial charge is 0.264 e. The first kappa shape index (κ1) is 21.3. The summed E-state index contributed by atoms with van der Waals surface area (Å²) in [5, 5.41) is 4.62. The van der Waals surface area contributed by atoms with E-state index in [1.54, 1.807) is 47.6 Å². The van der Waals surface area contributed by atoms with Gasteiger partial charge in [0, 0.05) is 30.7 Å². The summed E-state index contributed by atoms with van der Waals surface area (Å²) in [6.07, 6.45) is 4.73. The van der Waals surface area contributed by atoms with E-state index in [4.69, 9.17) is 11.6 Å². The van der Waals surface area contributed by atoms with Gasteiger partial charge in [0.1, 0.15) is 12.7 Å². The standard InChI is InChI=1S/C21H22ClN5O3S/c1-25(19-6-3-5-17(22)13-19)31(29,30)20-7-2-4-16(12-20)21(28)26-10-8-18(9-11-26)27-15-23-14-24-27/h2-7,12-15,18H,8-11H2,1H3. The van der Waals surface area contributed by atoms with Gasteiger partial charge in [-0.25, -0.2) is 18.1 Å². The molecule has 0 bridgehead atoms. The minimum Gasteiger partial charge on any atom is -0.338 e. The van der Waals surface area contributed by atoms with Crippen molar-refractivity contribution in [1.82, 2.24) is 19.7 Å². The van der Waals surface area contributed by atoms with Crippen molar-refractivity contribution in [3.05, 3.63) is 71.8 Å². The van der Waals surface area contributed by atoms with Crippen molar-refractivity contribution in [2.24, 2.45) is 0 Å². The second-order valence-corrected chi connectivity index (χ2v) is 9.78. The Kier molecular flexibility index (Phi) is 5.97. The number of aromatic nitrogens is 3. The molecule has 1 amide bonds. The number of nitrogens with zero attached hydrogens (tertiary/aromatic N) is 5. The number of benzene rings is 2. The number of sulfonamides is 1. The van der Waals surface area contributed by atoms with Crippen molar-refractivity contribution < 1.29 is 13.2 Å². The molecular formula is C21H22ClN5O3S. The monoisotopic (exact) mass is 459 g/mol. The highest BCUT2D eigenvalue weighted by molar-refractivity contribution is 7.92. The lowest BCUT2D eigenvalue weighted by Crippen LogP contribution is -2.39. The summed E-state index contributed by atoms with van der Waals surface area (Å²) in [5.41, 5.74) is 0.791. The molecule has 0 aliphatic carbocycles. The number of likely N-dealkylation sites (tertiary alicyclic amines) is 1. The number of rotatable bonds is 5. The fourth-order valence-electron chi connectivity index (χ4n) is 3.68. The molecule has 1 fully saturated rings. The highest BCUT2D eigenvalue weighted by Gasteiger charge is 2.27. The molecule has 0 unspecified atom stereocenters. The van der Waals surface area contributed by atoms with Crippen LogP contribution in [0, 0.1) is 0 Å². The van der Waals surface area contributed by atoms with Crippen LogP contribution in [0.5, 0.6) is 0 Å². The van der Waals surface area contributed by atoms with Crippen molar-refractivity contribution in [2.75, 3.05) is 24.4 Å². The summed E-state index contributed by atoms with van der Waals surface area (Å²) in [6.45, 7) is 1.14. The van der Waals surface area contributed by atoms with Crippen molar-refractivity contribution in [1.29, 1.82) is 0 Å². The molecule has 10 heteroatoms. The Labute approximate surface area is 186 Å². The quantitative estimate of drug-likeness (QED) is 0.584. The maximum absolute atomic E-state index is 13.1. The van der Waals surface area contributed by atoms with Gasteiger partial charge in [-0.15, -0.1) is 0 Å². The summed E-state index contributed by atoms with van der Waals surface area (Å²) in [6, 6.07) is 13.0. The Balaban J connectivity index is 1.51. The zero-order valence-electron chi connectivity index (χ0n) is 16.9. The van der Waals surface area contributed by atoms with E-state index in [9.17, 15) is 13.2 Å². The Morgan fingerprint density at radius 2 is 1.87 bits per heavy atom. The minimum absolute atomic E-state index is 0.0540. The van der Waals surface area contributed by atoms with Crippen LogP contribution in [-0.4, -0.2) is 54.1 Å². The first-order chi connectivity index (χ1) is 14.9. The highest BCUT2D eigenvalue weighted by Crippen LogP contribution is 2.26. The van der Waals surface area contributed by atoms with Gasteiger partial charge in [-0.3, -0.25) is 9.10 Å². The van der Waals surface area contributed by atoms with Gasteiger partial charge in [0.15, 0.2) is 0 Å². The first-order valence-electron chi connectivity index (χ1n) is 9.84. The maximum Gasteiger partial charge on any atom is 0.264 e. The summed E-state index contributed by atoms with van der Waals surface area (Å²) in [5.74, 6) is -0.181. The number of piperidine rings is 1. The minimum atomic E-state index is -3.85. The zero-order chi connectivity index (χ0) is 22.0. The van der Waals surface area contributed by atoms with Gasteiger partial charge < -0.3 is 4.90 Å². The first-order valence-corrected chi connectivity index (χ1v) is 11.7. The fraction of sp³-hybridized carbons (Fsp3) is 0.286. The zero-order valence-corrected chi connectivity index (χ0v) is 18.5. The summed E-state index contributed by atoms with van der Waals surface area (Å²) in [7, 11) is -2.39. The van der Waals surface area contributed by atoms with Crippen LogP contribution in [0.15, 0.2) is 66.1 Å². The second-order valence-electron chi connectivity index (χ2n) is 7.38. The summed E-state index contributed by atoms with van der Waals surface area (Å²) >= 11 is 6.00. The number of amides is 1. The molecule has 1 aliphatic rings. The number of carbonyl (C=O) groups is 1. The summed E-state index contributed by atoms with van der Waals surface area (Å²) in [4.78, 5) is 18.8. The Bertz CT molecular complexity index is 1180. The van der Waals surface area contributed by atoms with Gasteiger partial charge in [-0.05, 0) is 49.2 Å². The largest absolute Gasteiger partial charge is 0.338 e. The molecule has 3 aromatic rings. The molecule has 4 rings (SSSR count). The van der Waals surface area contributed by atoms with Crippen LogP contribution >= 0.6 is 11.6 Å². The Morgan fingerprint density at radius 1 is 1.13 bits per heavy atom.